The number of unbranched alkanes of at least 4 members (excludes halogenated alkanes) is 7. The molecule has 0 fully saturated rings. The Bertz CT molecular complexity index is 704. The van der Waals surface area contributed by atoms with Gasteiger partial charge in [0.1, 0.15) is 0 Å². The Morgan fingerprint density at radius 3 is 2.09 bits per heavy atom. The van der Waals surface area contributed by atoms with E-state index in [0.29, 0.717) is 0 Å². The average molecular weight is 474 g/mol. The predicted molar refractivity (Wildman–Crippen MR) is 146 cm³/mol. The van der Waals surface area contributed by atoms with Gasteiger partial charge in [-0.1, -0.05) is 64.1 Å². The lowest BCUT2D eigenvalue weighted by molar-refractivity contribution is 0.324. The zero-order valence-corrected chi connectivity index (χ0v) is 22.4. The summed E-state index contributed by atoms with van der Waals surface area (Å²) >= 11 is 1.80. The Morgan fingerprint density at radius 1 is 0.879 bits per heavy atom. The third kappa shape index (κ3) is 9.70. The van der Waals surface area contributed by atoms with Crippen LogP contribution in [-0.2, 0) is 0 Å². The second-order valence-electron chi connectivity index (χ2n) is 9.12. The van der Waals surface area contributed by atoms with Gasteiger partial charge in [0, 0.05) is 35.9 Å². The first-order valence-electron chi connectivity index (χ1n) is 13.2. The van der Waals surface area contributed by atoms with Crippen molar-refractivity contribution in [3.05, 3.63) is 34.9 Å². The van der Waals surface area contributed by atoms with E-state index in [1.807, 2.05) is 0 Å². The Morgan fingerprint density at radius 2 is 1.52 bits per heavy atom. The number of hydrogen-bond acceptors (Lipinski definition) is 6. The number of anilines is 1. The number of nitrogens with zero attached hydrogens (tertiary/aromatic N) is 4. The molecule has 1 heterocycles. The van der Waals surface area contributed by atoms with Crippen LogP contribution in [0, 0.1) is 0 Å². The molecule has 2 rings (SSSR count). The maximum atomic E-state index is 5.68. The van der Waals surface area contributed by atoms with Crippen molar-refractivity contribution >= 4 is 23.1 Å². The smallest absolute Gasteiger partial charge is 0.193 e. The fraction of sp³-hybridized carbons (Fsp3) is 0.704. The number of allylic oxidation sites excluding steroid dienone is 2. The van der Waals surface area contributed by atoms with E-state index in [1.165, 1.54) is 67.7 Å². The summed E-state index contributed by atoms with van der Waals surface area (Å²) in [4.78, 5) is 6.26. The van der Waals surface area contributed by atoms with Crippen LogP contribution in [0.3, 0.4) is 0 Å². The Balaban J connectivity index is 1.97. The molecule has 0 radical (unpaired) electrons. The zero-order valence-electron chi connectivity index (χ0n) is 21.6. The summed E-state index contributed by atoms with van der Waals surface area (Å²) in [6.45, 7) is 12.9. The molecule has 0 saturated carbocycles. The van der Waals surface area contributed by atoms with Crippen molar-refractivity contribution < 1.29 is 0 Å². The first-order chi connectivity index (χ1) is 16.1. The van der Waals surface area contributed by atoms with Crippen molar-refractivity contribution in [1.29, 1.82) is 0 Å². The predicted octanol–water partition coefficient (Wildman–Crippen LogP) is 8.06. The van der Waals surface area contributed by atoms with E-state index in [4.69, 9.17) is 10.8 Å². The molecule has 1 aliphatic rings. The standard InChI is InChI=1S/C27H47N5S/c1-5-7-9-12-20-31(21-13-10-8-6-2)26-17-15-25(16-18-26)29-30-27-32(22-14-11-19-28)23(3)24(4)33-27/h15-18,27H,5-14,19-22,28H2,1-4H3/b30-29+. The number of hydrogen-bond donors (Lipinski definition) is 1. The lowest BCUT2D eigenvalue weighted by atomic mass is 10.1. The molecule has 1 aromatic carbocycles. The molecule has 0 saturated heterocycles. The third-order valence-corrected chi connectivity index (χ3v) is 7.60. The molecule has 1 aromatic rings. The first-order valence-corrected chi connectivity index (χ1v) is 14.0. The molecule has 1 unspecified atom stereocenters. The van der Waals surface area contributed by atoms with Crippen LogP contribution in [0.5, 0.6) is 0 Å². The van der Waals surface area contributed by atoms with Crippen LogP contribution >= 0.6 is 11.8 Å². The van der Waals surface area contributed by atoms with Crippen molar-refractivity contribution in [3.63, 3.8) is 0 Å². The van der Waals surface area contributed by atoms with Crippen molar-refractivity contribution in [2.45, 2.75) is 97.4 Å². The number of nitrogens with two attached hydrogens (primary N) is 1. The third-order valence-electron chi connectivity index (χ3n) is 6.39. The molecule has 1 atom stereocenters. The van der Waals surface area contributed by atoms with E-state index < -0.39 is 0 Å². The van der Waals surface area contributed by atoms with Gasteiger partial charge in [-0.3, -0.25) is 0 Å². The lowest BCUT2D eigenvalue weighted by Crippen LogP contribution is -2.27. The Kier molecular flexibility index (Phi) is 13.6. The van der Waals surface area contributed by atoms with Gasteiger partial charge < -0.3 is 15.5 Å². The summed E-state index contributed by atoms with van der Waals surface area (Å²) in [5, 5.41) is 9.30. The number of rotatable bonds is 17. The molecule has 0 spiro atoms. The minimum atomic E-state index is 0.0380. The normalized spacial score (nSPS) is 16.4. The maximum absolute atomic E-state index is 5.68. The number of thioether (sulfide) groups is 1. The molecule has 0 bridgehead atoms. The van der Waals surface area contributed by atoms with Gasteiger partial charge in [-0.2, -0.15) is 10.2 Å². The van der Waals surface area contributed by atoms with E-state index in [0.717, 1.165) is 44.7 Å². The molecular formula is C27H47N5S. The fourth-order valence-corrected chi connectivity index (χ4v) is 5.23. The van der Waals surface area contributed by atoms with Gasteiger partial charge in [0.2, 0.25) is 0 Å². The molecule has 0 aliphatic carbocycles. The molecule has 1 aliphatic heterocycles. The van der Waals surface area contributed by atoms with Gasteiger partial charge >= 0.3 is 0 Å². The number of azo groups is 1. The monoisotopic (exact) mass is 473 g/mol. The summed E-state index contributed by atoms with van der Waals surface area (Å²) in [5.74, 6) is 0. The Hall–Kier alpha value is -1.53. The minimum absolute atomic E-state index is 0.0380. The van der Waals surface area contributed by atoms with E-state index >= 15 is 0 Å². The van der Waals surface area contributed by atoms with Gasteiger partial charge in [-0.25, -0.2) is 0 Å². The minimum Gasteiger partial charge on any atom is -0.372 e. The van der Waals surface area contributed by atoms with Crippen molar-refractivity contribution in [2.75, 3.05) is 31.1 Å². The highest BCUT2D eigenvalue weighted by atomic mass is 32.2. The topological polar surface area (TPSA) is 57.2 Å². The van der Waals surface area contributed by atoms with Gasteiger partial charge in [-0.05, 0) is 70.3 Å². The number of benzene rings is 1. The molecule has 0 amide bonds. The van der Waals surface area contributed by atoms with Crippen LogP contribution in [0.15, 0.2) is 45.1 Å². The summed E-state index contributed by atoms with van der Waals surface area (Å²) < 4.78 is 0. The van der Waals surface area contributed by atoms with Crippen LogP contribution in [0.1, 0.15) is 91.9 Å². The molecule has 0 aromatic heterocycles. The van der Waals surface area contributed by atoms with Gasteiger partial charge in [0.25, 0.3) is 0 Å². The highest BCUT2D eigenvalue weighted by Gasteiger charge is 2.27. The lowest BCUT2D eigenvalue weighted by Gasteiger charge is -2.25. The van der Waals surface area contributed by atoms with Crippen molar-refractivity contribution in [2.24, 2.45) is 16.0 Å². The summed E-state index contributed by atoms with van der Waals surface area (Å²) in [6.07, 6.45) is 12.6. The van der Waals surface area contributed by atoms with Crippen LogP contribution in [0.2, 0.25) is 0 Å². The maximum Gasteiger partial charge on any atom is 0.193 e. The molecule has 5 nitrogen and oxygen atoms in total. The molecule has 6 heteroatoms. The second kappa shape index (κ2) is 16.2. The summed E-state index contributed by atoms with van der Waals surface area (Å²) in [5.41, 5.74) is 9.28. The zero-order chi connectivity index (χ0) is 23.9. The van der Waals surface area contributed by atoms with E-state index in [9.17, 15) is 0 Å². The second-order valence-corrected chi connectivity index (χ2v) is 10.4. The van der Waals surface area contributed by atoms with Crippen LogP contribution in [0.25, 0.3) is 0 Å². The van der Waals surface area contributed by atoms with E-state index in [1.54, 1.807) is 11.8 Å². The van der Waals surface area contributed by atoms with Crippen molar-refractivity contribution in [1.82, 2.24) is 4.90 Å². The largest absolute Gasteiger partial charge is 0.372 e. The molecular weight excluding hydrogens is 426 g/mol. The van der Waals surface area contributed by atoms with E-state index in [-0.39, 0.29) is 5.50 Å². The fourth-order valence-electron chi connectivity index (χ4n) is 4.14. The van der Waals surface area contributed by atoms with Crippen LogP contribution in [-0.4, -0.2) is 36.6 Å². The van der Waals surface area contributed by atoms with Crippen LogP contribution in [0.4, 0.5) is 11.4 Å². The van der Waals surface area contributed by atoms with Crippen LogP contribution < -0.4 is 10.6 Å². The summed E-state index contributed by atoms with van der Waals surface area (Å²) in [6, 6.07) is 8.69. The molecule has 186 valence electrons. The van der Waals surface area contributed by atoms with E-state index in [2.05, 4.69) is 66.9 Å². The highest BCUT2D eigenvalue weighted by molar-refractivity contribution is 8.03. The highest BCUT2D eigenvalue weighted by Crippen LogP contribution is 2.39. The quantitative estimate of drug-likeness (QED) is 0.184. The SMILES string of the molecule is CCCCCCN(CCCCCC)c1ccc(/N=N/C2SC(C)=C(C)N2CCCCN)cc1. The summed E-state index contributed by atoms with van der Waals surface area (Å²) in [7, 11) is 0. The van der Waals surface area contributed by atoms with Gasteiger partial charge in [0.15, 0.2) is 5.50 Å². The molecule has 2 N–H and O–H groups in total. The first kappa shape index (κ1) is 27.7. The average Bonchev–Trinajstić information content (AvgIpc) is 3.10. The van der Waals surface area contributed by atoms with Gasteiger partial charge in [0.05, 0.1) is 5.69 Å². The van der Waals surface area contributed by atoms with Gasteiger partial charge in [-0.15, -0.1) is 0 Å². The Labute approximate surface area is 207 Å². The van der Waals surface area contributed by atoms with Crippen molar-refractivity contribution in [3.8, 4) is 0 Å². The molecule has 33 heavy (non-hydrogen) atoms.